The number of nitrogens with one attached hydrogen (secondary N) is 2. The zero-order valence-electron chi connectivity index (χ0n) is 28.6. The summed E-state index contributed by atoms with van der Waals surface area (Å²) in [6.07, 6.45) is -2.82. The number of hydrogen-bond donors (Lipinski definition) is 2. The maximum Gasteiger partial charge on any atom is 0.408 e. The molecule has 0 saturated heterocycles. The van der Waals surface area contributed by atoms with Crippen LogP contribution >= 0.6 is 0 Å². The van der Waals surface area contributed by atoms with Crippen LogP contribution in [0.5, 0.6) is 0 Å². The third-order valence-corrected chi connectivity index (χ3v) is 8.12. The molecule has 10 nitrogen and oxygen atoms in total. The number of rotatable bonds is 12. The van der Waals surface area contributed by atoms with Crippen LogP contribution in [0.2, 0.25) is 0 Å². The maximum absolute atomic E-state index is 13.7. The third-order valence-electron chi connectivity index (χ3n) is 8.12. The van der Waals surface area contributed by atoms with Crippen molar-refractivity contribution in [2.24, 2.45) is 0 Å². The van der Waals surface area contributed by atoms with Crippen molar-refractivity contribution in [3.8, 4) is 11.1 Å². The Morgan fingerprint density at radius 1 is 0.660 bits per heavy atom. The summed E-state index contributed by atoms with van der Waals surface area (Å²) in [6.45, 7) is 6.49. The minimum Gasteiger partial charge on any atom is -0.459 e. The Morgan fingerprint density at radius 3 is 1.78 bits per heavy atom. The van der Waals surface area contributed by atoms with Gasteiger partial charge in [-0.25, -0.2) is 19.2 Å². The molecule has 2 amide bonds. The van der Waals surface area contributed by atoms with Gasteiger partial charge in [0.25, 0.3) is 0 Å². The van der Waals surface area contributed by atoms with Gasteiger partial charge in [-0.15, -0.1) is 0 Å². The van der Waals surface area contributed by atoms with Crippen LogP contribution in [-0.2, 0) is 41.6 Å². The van der Waals surface area contributed by atoms with Crippen molar-refractivity contribution in [3.05, 3.63) is 131 Å². The van der Waals surface area contributed by atoms with Gasteiger partial charge in [-0.3, -0.25) is 0 Å². The van der Waals surface area contributed by atoms with E-state index in [0.29, 0.717) is 0 Å². The van der Waals surface area contributed by atoms with Gasteiger partial charge in [-0.05, 0) is 61.1 Å². The zero-order valence-corrected chi connectivity index (χ0v) is 28.6. The van der Waals surface area contributed by atoms with Crippen LogP contribution in [0.25, 0.3) is 11.1 Å². The normalized spacial score (nSPS) is 13.8. The minimum atomic E-state index is -1.41. The molecule has 0 radical (unpaired) electrons. The lowest BCUT2D eigenvalue weighted by molar-refractivity contribution is -0.159. The van der Waals surface area contributed by atoms with Crippen LogP contribution in [0.1, 0.15) is 55.9 Å². The quantitative estimate of drug-likeness (QED) is 0.125. The van der Waals surface area contributed by atoms with Crippen LogP contribution in [-0.4, -0.2) is 54.5 Å². The topological polar surface area (TPSA) is 129 Å². The largest absolute Gasteiger partial charge is 0.459 e. The molecule has 50 heavy (non-hydrogen) atoms. The highest BCUT2D eigenvalue weighted by molar-refractivity contribution is 5.85. The second kappa shape index (κ2) is 16.2. The summed E-state index contributed by atoms with van der Waals surface area (Å²) in [5.74, 6) is -1.83. The fourth-order valence-electron chi connectivity index (χ4n) is 5.78. The highest BCUT2D eigenvalue weighted by Crippen LogP contribution is 2.44. The first kappa shape index (κ1) is 35.7. The fourth-order valence-corrected chi connectivity index (χ4v) is 5.78. The highest BCUT2D eigenvalue weighted by atomic mass is 16.6. The number of amides is 2. The monoisotopic (exact) mass is 678 g/mol. The first-order valence-corrected chi connectivity index (χ1v) is 16.5. The molecule has 0 fully saturated rings. The summed E-state index contributed by atoms with van der Waals surface area (Å²) < 4.78 is 22.3. The Kier molecular flexibility index (Phi) is 11.5. The lowest BCUT2D eigenvalue weighted by atomic mass is 9.98. The number of carbonyl (C=O) groups excluding carboxylic acids is 4. The molecule has 2 N–H and O–H groups in total. The molecule has 1 aliphatic carbocycles. The van der Waals surface area contributed by atoms with Gasteiger partial charge < -0.3 is 29.6 Å². The van der Waals surface area contributed by atoms with Crippen molar-refractivity contribution in [1.82, 2.24) is 10.6 Å². The van der Waals surface area contributed by atoms with E-state index in [1.54, 1.807) is 45.0 Å². The van der Waals surface area contributed by atoms with Gasteiger partial charge in [0.2, 0.25) is 0 Å². The molecule has 10 heteroatoms. The van der Waals surface area contributed by atoms with Crippen molar-refractivity contribution < 1.29 is 38.1 Å². The van der Waals surface area contributed by atoms with Crippen molar-refractivity contribution in [1.29, 1.82) is 0 Å². The van der Waals surface area contributed by atoms with Crippen LogP contribution in [0.3, 0.4) is 0 Å². The molecule has 0 bridgehead atoms. The van der Waals surface area contributed by atoms with E-state index < -0.39 is 47.9 Å². The average Bonchev–Trinajstić information content (AvgIpc) is 3.42. The Hall–Kier alpha value is -5.64. The van der Waals surface area contributed by atoms with Crippen molar-refractivity contribution in [2.45, 2.75) is 70.4 Å². The molecule has 4 aromatic carbocycles. The third kappa shape index (κ3) is 9.49. The summed E-state index contributed by atoms with van der Waals surface area (Å²) >= 11 is 0. The van der Waals surface area contributed by atoms with E-state index in [1.807, 2.05) is 84.9 Å². The molecule has 0 aromatic heterocycles. The second-order valence-electron chi connectivity index (χ2n) is 13.1. The molecule has 260 valence electrons. The SMILES string of the molecule is C[C@@H](OC(=O)[C@@H](Cc1ccccc1)NC(=O)OCC1c2ccccc2-c2ccccc21)[C@H](NC(=O)OC(C)(C)C)C(=O)OCc1ccccc1. The van der Waals surface area contributed by atoms with Gasteiger partial charge in [-0.1, -0.05) is 109 Å². The van der Waals surface area contributed by atoms with E-state index in [9.17, 15) is 19.2 Å². The lowest BCUT2D eigenvalue weighted by Gasteiger charge is -2.27. The second-order valence-corrected chi connectivity index (χ2v) is 13.1. The molecule has 0 unspecified atom stereocenters. The van der Waals surface area contributed by atoms with E-state index >= 15 is 0 Å². The highest BCUT2D eigenvalue weighted by Gasteiger charge is 2.35. The van der Waals surface area contributed by atoms with Gasteiger partial charge >= 0.3 is 24.1 Å². The smallest absolute Gasteiger partial charge is 0.408 e. The van der Waals surface area contributed by atoms with Crippen molar-refractivity contribution in [2.75, 3.05) is 6.61 Å². The van der Waals surface area contributed by atoms with Gasteiger partial charge in [0.1, 0.15) is 31.0 Å². The summed E-state index contributed by atoms with van der Waals surface area (Å²) in [5.41, 5.74) is 4.93. The van der Waals surface area contributed by atoms with Crippen molar-refractivity contribution >= 4 is 24.1 Å². The predicted octanol–water partition coefficient (Wildman–Crippen LogP) is 6.70. The van der Waals surface area contributed by atoms with Crippen LogP contribution in [0, 0.1) is 0 Å². The molecule has 0 heterocycles. The fraction of sp³-hybridized carbons (Fsp3) is 0.300. The maximum atomic E-state index is 13.7. The van der Waals surface area contributed by atoms with Crippen LogP contribution < -0.4 is 10.6 Å². The van der Waals surface area contributed by atoms with Gasteiger partial charge in [-0.2, -0.15) is 0 Å². The molecule has 1 aliphatic rings. The van der Waals surface area contributed by atoms with E-state index in [1.165, 1.54) is 6.92 Å². The first-order chi connectivity index (χ1) is 24.0. The predicted molar refractivity (Wildman–Crippen MR) is 187 cm³/mol. The van der Waals surface area contributed by atoms with Crippen molar-refractivity contribution in [3.63, 3.8) is 0 Å². The van der Waals surface area contributed by atoms with Gasteiger partial charge in [0.05, 0.1) is 0 Å². The first-order valence-electron chi connectivity index (χ1n) is 16.5. The molecule has 0 aliphatic heterocycles. The molecule has 0 saturated carbocycles. The van der Waals surface area contributed by atoms with E-state index in [2.05, 4.69) is 10.6 Å². The summed E-state index contributed by atoms with van der Waals surface area (Å²) in [5, 5.41) is 5.15. The number of fused-ring (bicyclic) bond motifs is 3. The Balaban J connectivity index is 1.28. The molecule has 3 atom stereocenters. The zero-order chi connectivity index (χ0) is 35.7. The molecule has 4 aromatic rings. The molecular weight excluding hydrogens is 636 g/mol. The van der Waals surface area contributed by atoms with E-state index in [-0.39, 0.29) is 25.6 Å². The molecule has 0 spiro atoms. The number of hydrogen-bond acceptors (Lipinski definition) is 8. The Bertz CT molecular complexity index is 1740. The standard InChI is InChI=1S/C40H42N2O8/c1-26(35(42-39(46)50-40(2,3)4)37(44)47-24-28-17-9-6-10-18-28)49-36(43)34(23-27-15-7-5-8-16-27)41-38(45)48-25-33-31-21-13-11-19-29(31)30-20-12-14-22-32(30)33/h5-22,26,33-35H,23-25H2,1-4H3,(H,41,45)(H,42,46)/t26-,34-,35+/m1/s1. The minimum absolute atomic E-state index is 0.0541. The summed E-state index contributed by atoms with van der Waals surface area (Å²) in [6, 6.07) is 31.5. The Labute approximate surface area is 292 Å². The van der Waals surface area contributed by atoms with Gasteiger partial charge in [0, 0.05) is 12.3 Å². The number of benzene rings is 4. The van der Waals surface area contributed by atoms with Crippen LogP contribution in [0.15, 0.2) is 109 Å². The molecule has 5 rings (SSSR count). The number of ether oxygens (including phenoxy) is 4. The number of alkyl carbamates (subject to hydrolysis) is 2. The summed E-state index contributed by atoms with van der Waals surface area (Å²) in [4.78, 5) is 53.0. The van der Waals surface area contributed by atoms with Gasteiger partial charge in [0.15, 0.2) is 6.04 Å². The lowest BCUT2D eigenvalue weighted by Crippen LogP contribution is -2.53. The van der Waals surface area contributed by atoms with Crippen LogP contribution in [0.4, 0.5) is 9.59 Å². The van der Waals surface area contributed by atoms with E-state index in [4.69, 9.17) is 18.9 Å². The number of esters is 2. The van der Waals surface area contributed by atoms with E-state index in [0.717, 1.165) is 33.4 Å². The summed E-state index contributed by atoms with van der Waals surface area (Å²) in [7, 11) is 0. The number of carbonyl (C=O) groups is 4. The Morgan fingerprint density at radius 2 is 1.20 bits per heavy atom. The molecular formula is C40H42N2O8. The average molecular weight is 679 g/mol.